The van der Waals surface area contributed by atoms with Crippen molar-refractivity contribution in [1.29, 1.82) is 0 Å². The van der Waals surface area contributed by atoms with E-state index in [1.807, 2.05) is 0 Å². The number of carboxylic acid groups (broad SMARTS) is 1. The molecule has 0 saturated heterocycles. The average Bonchev–Trinajstić information content (AvgIpc) is 2.19. The molecular weight excluding hydrogens is 212 g/mol. The van der Waals surface area contributed by atoms with E-state index in [1.165, 1.54) is 0 Å². The van der Waals surface area contributed by atoms with Crippen molar-refractivity contribution in [2.45, 2.75) is 19.1 Å². The van der Waals surface area contributed by atoms with Crippen molar-refractivity contribution in [2.75, 3.05) is 11.5 Å². The fourth-order valence-electron chi connectivity index (χ4n) is 1.79. The molecule has 0 aromatic carbocycles. The van der Waals surface area contributed by atoms with Gasteiger partial charge in [0.1, 0.15) is 0 Å². The van der Waals surface area contributed by atoms with Gasteiger partial charge in [-0.25, -0.2) is 4.79 Å². The summed E-state index contributed by atoms with van der Waals surface area (Å²) in [5, 5.41) is 9.13. The van der Waals surface area contributed by atoms with Crippen LogP contribution in [-0.2, 0) is 12.2 Å². The number of carbonyl (C=O) groups is 1. The molecule has 0 amide bonds. The number of nitrogen functional groups attached to an aromatic ring is 1. The van der Waals surface area contributed by atoms with Crippen LogP contribution in [0, 0.1) is 6.92 Å². The Balaban J connectivity index is 2.68. The maximum Gasteiger partial charge on any atom is 0.338 e. The van der Waals surface area contributed by atoms with Crippen molar-refractivity contribution in [2.24, 2.45) is 0 Å². The van der Waals surface area contributed by atoms with Crippen LogP contribution >= 0.6 is 11.8 Å². The molecule has 4 nitrogen and oxygen atoms in total. The quantitative estimate of drug-likeness (QED) is 0.755. The van der Waals surface area contributed by atoms with E-state index >= 15 is 0 Å². The Hall–Kier alpha value is -1.23. The third-order valence-electron chi connectivity index (χ3n) is 2.56. The highest BCUT2D eigenvalue weighted by Gasteiger charge is 2.23. The maximum atomic E-state index is 11.1. The molecule has 5 heteroatoms. The van der Waals surface area contributed by atoms with E-state index in [2.05, 4.69) is 4.98 Å². The molecule has 2 heterocycles. The number of aromatic carboxylic acids is 1. The van der Waals surface area contributed by atoms with Crippen LogP contribution in [0.1, 0.15) is 27.3 Å². The van der Waals surface area contributed by atoms with Gasteiger partial charge in [0.15, 0.2) is 0 Å². The van der Waals surface area contributed by atoms with Crippen molar-refractivity contribution >= 4 is 23.4 Å². The summed E-state index contributed by atoms with van der Waals surface area (Å²) in [5.74, 6) is 0.787. The normalized spacial score (nSPS) is 14.7. The van der Waals surface area contributed by atoms with Crippen LogP contribution in [0.25, 0.3) is 0 Å². The molecule has 1 aliphatic rings. The first-order valence-corrected chi connectivity index (χ1v) is 5.85. The van der Waals surface area contributed by atoms with Crippen molar-refractivity contribution in [3.8, 4) is 0 Å². The van der Waals surface area contributed by atoms with Crippen molar-refractivity contribution in [3.05, 3.63) is 22.5 Å². The summed E-state index contributed by atoms with van der Waals surface area (Å²) < 4.78 is 0. The van der Waals surface area contributed by atoms with Gasteiger partial charge in [-0.2, -0.15) is 11.8 Å². The number of hydrogen-bond acceptors (Lipinski definition) is 4. The molecule has 0 atom stereocenters. The number of nitrogens with zero attached hydrogens (tertiary/aromatic N) is 1. The summed E-state index contributed by atoms with van der Waals surface area (Å²) in [6.45, 7) is 1.75. The van der Waals surface area contributed by atoms with Crippen LogP contribution in [0.5, 0.6) is 0 Å². The average molecular weight is 224 g/mol. The molecule has 0 saturated carbocycles. The highest BCUT2D eigenvalue weighted by molar-refractivity contribution is 7.98. The lowest BCUT2D eigenvalue weighted by atomic mass is 10.0. The lowest BCUT2D eigenvalue weighted by Crippen LogP contribution is -2.16. The summed E-state index contributed by atoms with van der Waals surface area (Å²) in [6, 6.07) is 0. The van der Waals surface area contributed by atoms with Crippen molar-refractivity contribution < 1.29 is 9.90 Å². The molecule has 3 N–H and O–H groups in total. The molecule has 15 heavy (non-hydrogen) atoms. The zero-order chi connectivity index (χ0) is 11.0. The smallest absolute Gasteiger partial charge is 0.338 e. The van der Waals surface area contributed by atoms with Gasteiger partial charge in [0.05, 0.1) is 22.6 Å². The lowest BCUT2D eigenvalue weighted by Gasteiger charge is -2.19. The molecule has 80 valence electrons. The fourth-order valence-corrected chi connectivity index (χ4v) is 2.72. The van der Waals surface area contributed by atoms with Crippen LogP contribution in [0.15, 0.2) is 0 Å². The standard InChI is InChI=1S/C10H12N2O2S/c1-5-9(11)8(10(13)14)6-2-3-15-4-7(6)12-5/h2-4,11H2,1H3,(H,13,14). The number of carboxylic acids is 1. The molecule has 1 aliphatic heterocycles. The molecule has 0 radical (unpaired) electrons. The highest BCUT2D eigenvalue weighted by atomic mass is 32.2. The number of aryl methyl sites for hydroxylation is 1. The first kappa shape index (κ1) is 10.3. The Kier molecular flexibility index (Phi) is 2.56. The van der Waals surface area contributed by atoms with Crippen LogP contribution in [0.3, 0.4) is 0 Å². The van der Waals surface area contributed by atoms with Crippen molar-refractivity contribution in [1.82, 2.24) is 4.98 Å². The zero-order valence-electron chi connectivity index (χ0n) is 8.41. The lowest BCUT2D eigenvalue weighted by molar-refractivity contribution is 0.0696. The van der Waals surface area contributed by atoms with E-state index in [4.69, 9.17) is 10.8 Å². The van der Waals surface area contributed by atoms with E-state index in [0.717, 1.165) is 29.2 Å². The zero-order valence-corrected chi connectivity index (χ0v) is 9.23. The predicted octanol–water partition coefficient (Wildman–Crippen LogP) is 1.46. The molecular formula is C10H12N2O2S. The third kappa shape index (κ3) is 1.67. The summed E-state index contributed by atoms with van der Waals surface area (Å²) in [4.78, 5) is 15.5. The van der Waals surface area contributed by atoms with Gasteiger partial charge in [0.2, 0.25) is 0 Å². The third-order valence-corrected chi connectivity index (χ3v) is 3.53. The number of aromatic nitrogens is 1. The second kappa shape index (κ2) is 3.73. The Morgan fingerprint density at radius 2 is 2.33 bits per heavy atom. The molecule has 1 aromatic heterocycles. The number of thioether (sulfide) groups is 1. The number of fused-ring (bicyclic) bond motifs is 1. The van der Waals surface area contributed by atoms with Gasteiger partial charge in [-0.05, 0) is 24.7 Å². The van der Waals surface area contributed by atoms with Gasteiger partial charge in [-0.1, -0.05) is 0 Å². The van der Waals surface area contributed by atoms with E-state index < -0.39 is 5.97 Å². The topological polar surface area (TPSA) is 76.2 Å². The monoisotopic (exact) mass is 224 g/mol. The maximum absolute atomic E-state index is 11.1. The number of rotatable bonds is 1. The van der Waals surface area contributed by atoms with Gasteiger partial charge >= 0.3 is 5.97 Å². The summed E-state index contributed by atoms with van der Waals surface area (Å²) in [6.07, 6.45) is 0.749. The fraction of sp³-hybridized carbons (Fsp3) is 0.400. The first-order valence-electron chi connectivity index (χ1n) is 4.70. The summed E-state index contributed by atoms with van der Waals surface area (Å²) in [7, 11) is 0. The number of nitrogens with two attached hydrogens (primary N) is 1. The minimum Gasteiger partial charge on any atom is -0.478 e. The van der Waals surface area contributed by atoms with Crippen LogP contribution in [0.2, 0.25) is 0 Å². The predicted molar refractivity (Wildman–Crippen MR) is 60.2 cm³/mol. The Bertz CT molecular complexity index is 432. The molecule has 1 aromatic rings. The van der Waals surface area contributed by atoms with Crippen LogP contribution < -0.4 is 5.73 Å². The van der Waals surface area contributed by atoms with Crippen molar-refractivity contribution in [3.63, 3.8) is 0 Å². The number of hydrogen-bond donors (Lipinski definition) is 2. The molecule has 0 fully saturated rings. The van der Waals surface area contributed by atoms with Gasteiger partial charge in [0.25, 0.3) is 0 Å². The molecule has 0 bridgehead atoms. The Morgan fingerprint density at radius 3 is 3.00 bits per heavy atom. The second-order valence-corrected chi connectivity index (χ2v) is 4.62. The van der Waals surface area contributed by atoms with E-state index in [9.17, 15) is 4.79 Å². The van der Waals surface area contributed by atoms with E-state index in [1.54, 1.807) is 18.7 Å². The largest absolute Gasteiger partial charge is 0.478 e. The van der Waals surface area contributed by atoms with Gasteiger partial charge in [-0.3, -0.25) is 4.98 Å². The molecule has 0 aliphatic carbocycles. The number of anilines is 1. The minimum atomic E-state index is -0.943. The molecule has 2 rings (SSSR count). The van der Waals surface area contributed by atoms with Crippen LogP contribution in [-0.4, -0.2) is 21.8 Å². The van der Waals surface area contributed by atoms with E-state index in [0.29, 0.717) is 11.4 Å². The summed E-state index contributed by atoms with van der Waals surface area (Å²) >= 11 is 1.78. The second-order valence-electron chi connectivity index (χ2n) is 3.52. The van der Waals surface area contributed by atoms with Gasteiger partial charge in [-0.15, -0.1) is 0 Å². The highest BCUT2D eigenvalue weighted by Crippen LogP contribution is 2.30. The van der Waals surface area contributed by atoms with Crippen LogP contribution in [0.4, 0.5) is 5.69 Å². The number of pyridine rings is 1. The summed E-state index contributed by atoms with van der Waals surface area (Å²) in [5.41, 5.74) is 8.66. The van der Waals surface area contributed by atoms with Gasteiger partial charge in [0, 0.05) is 5.75 Å². The minimum absolute atomic E-state index is 0.262. The Morgan fingerprint density at radius 1 is 1.60 bits per heavy atom. The molecule has 0 unspecified atom stereocenters. The Labute approximate surface area is 91.9 Å². The molecule has 0 spiro atoms. The SMILES string of the molecule is Cc1nc2c(c(C(=O)O)c1N)CCSC2. The van der Waals surface area contributed by atoms with E-state index in [-0.39, 0.29) is 5.56 Å². The van der Waals surface area contributed by atoms with Gasteiger partial charge < -0.3 is 10.8 Å². The first-order chi connectivity index (χ1) is 7.11.